The van der Waals surface area contributed by atoms with Crippen molar-refractivity contribution in [2.45, 2.75) is 39.9 Å². The first-order chi connectivity index (χ1) is 26.3. The van der Waals surface area contributed by atoms with Crippen molar-refractivity contribution in [1.29, 1.82) is 0 Å². The van der Waals surface area contributed by atoms with E-state index in [2.05, 4.69) is 0 Å². The summed E-state index contributed by atoms with van der Waals surface area (Å²) in [7, 11) is 0. The number of carbonyl (C=O) groups is 3. The molecule has 0 fully saturated rings. The Kier molecular flexibility index (Phi) is 13.3. The van der Waals surface area contributed by atoms with E-state index in [1.54, 1.807) is 30.3 Å². The zero-order valence-electron chi connectivity index (χ0n) is 29.6. The van der Waals surface area contributed by atoms with E-state index in [1.165, 1.54) is 73.7 Å². The SMILES string of the molecule is CC(=O)CCC(=O)c1cc(F)ccc1OCc1ccc(F)cc1.Cc1ccc(-c2cc(F)ccc2OCc2ccc(F)cc2)n1-c1ccc(Cl)c(C(=O)O)c1. The number of hydrogen-bond donors (Lipinski definition) is 1. The molecule has 7 nitrogen and oxygen atoms in total. The number of carbonyl (C=O) groups excluding carboxylic acids is 2. The van der Waals surface area contributed by atoms with Gasteiger partial charge < -0.3 is 23.9 Å². The number of ether oxygens (including phenoxy) is 2. The van der Waals surface area contributed by atoms with Gasteiger partial charge in [0.05, 0.1) is 21.8 Å². The van der Waals surface area contributed by atoms with Crippen LogP contribution in [0.25, 0.3) is 16.9 Å². The Morgan fingerprint density at radius 1 is 0.636 bits per heavy atom. The molecule has 0 aliphatic carbocycles. The number of rotatable bonds is 13. The van der Waals surface area contributed by atoms with Crippen LogP contribution in [-0.4, -0.2) is 27.2 Å². The maximum absolute atomic E-state index is 14.2. The van der Waals surface area contributed by atoms with Gasteiger partial charge in [-0.05, 0) is 116 Å². The molecule has 5 aromatic carbocycles. The van der Waals surface area contributed by atoms with E-state index < -0.39 is 17.6 Å². The number of aryl methyl sites for hydroxylation is 1. The van der Waals surface area contributed by atoms with Crippen molar-refractivity contribution < 1.29 is 46.5 Å². The van der Waals surface area contributed by atoms with Crippen LogP contribution in [0, 0.1) is 30.2 Å². The van der Waals surface area contributed by atoms with Crippen LogP contribution in [0.2, 0.25) is 5.02 Å². The van der Waals surface area contributed by atoms with Crippen molar-refractivity contribution >= 4 is 29.1 Å². The molecule has 6 aromatic rings. The highest BCUT2D eigenvalue weighted by atomic mass is 35.5. The van der Waals surface area contributed by atoms with Gasteiger partial charge >= 0.3 is 5.97 Å². The molecule has 0 bridgehead atoms. The number of aromatic nitrogens is 1. The predicted molar refractivity (Wildman–Crippen MR) is 200 cm³/mol. The fourth-order valence-corrected chi connectivity index (χ4v) is 5.69. The van der Waals surface area contributed by atoms with Gasteiger partial charge in [0, 0.05) is 29.8 Å². The number of aromatic carboxylic acids is 1. The van der Waals surface area contributed by atoms with Crippen molar-refractivity contribution in [3.8, 4) is 28.4 Å². The molecular weight excluding hydrogens is 738 g/mol. The number of hydrogen-bond acceptors (Lipinski definition) is 5. The number of carboxylic acid groups (broad SMARTS) is 1. The summed E-state index contributed by atoms with van der Waals surface area (Å²) in [6.07, 6.45) is 0.110. The molecule has 0 aliphatic rings. The van der Waals surface area contributed by atoms with Gasteiger partial charge in [0.1, 0.15) is 53.8 Å². The Morgan fingerprint density at radius 3 is 1.76 bits per heavy atom. The number of ketones is 2. The summed E-state index contributed by atoms with van der Waals surface area (Å²) in [6.45, 7) is 3.54. The second-order valence-corrected chi connectivity index (χ2v) is 12.8. The molecule has 0 amide bonds. The Hall–Kier alpha value is -6.20. The summed E-state index contributed by atoms with van der Waals surface area (Å²) < 4.78 is 66.9. The first-order valence-corrected chi connectivity index (χ1v) is 17.2. The van der Waals surface area contributed by atoms with Gasteiger partial charge in [-0.3, -0.25) is 4.79 Å². The number of carboxylic acids is 1. The largest absolute Gasteiger partial charge is 0.488 e. The van der Waals surface area contributed by atoms with E-state index in [4.69, 9.17) is 21.1 Å². The molecule has 282 valence electrons. The zero-order valence-corrected chi connectivity index (χ0v) is 30.4. The summed E-state index contributed by atoms with van der Waals surface area (Å²) in [5.74, 6) is -2.61. The van der Waals surface area contributed by atoms with E-state index in [0.717, 1.165) is 22.9 Å². The minimum atomic E-state index is -1.14. The lowest BCUT2D eigenvalue weighted by molar-refractivity contribution is -0.117. The molecule has 0 atom stereocenters. The lowest BCUT2D eigenvalue weighted by Crippen LogP contribution is -2.06. The average Bonchev–Trinajstić information content (AvgIpc) is 3.55. The maximum Gasteiger partial charge on any atom is 0.337 e. The van der Waals surface area contributed by atoms with E-state index in [-0.39, 0.29) is 71.2 Å². The highest BCUT2D eigenvalue weighted by Gasteiger charge is 2.18. The highest BCUT2D eigenvalue weighted by molar-refractivity contribution is 6.33. The van der Waals surface area contributed by atoms with Crippen LogP contribution in [0.3, 0.4) is 0 Å². The predicted octanol–water partition coefficient (Wildman–Crippen LogP) is 10.8. The summed E-state index contributed by atoms with van der Waals surface area (Å²) in [6, 6.07) is 27.9. The summed E-state index contributed by atoms with van der Waals surface area (Å²) in [5, 5.41) is 9.56. The third-order valence-corrected chi connectivity index (χ3v) is 8.62. The third-order valence-electron chi connectivity index (χ3n) is 8.29. The van der Waals surface area contributed by atoms with Crippen LogP contribution >= 0.6 is 11.6 Å². The molecule has 0 saturated heterocycles. The Morgan fingerprint density at radius 2 is 1.18 bits per heavy atom. The summed E-state index contributed by atoms with van der Waals surface area (Å²) in [4.78, 5) is 34.6. The second kappa shape index (κ2) is 18.2. The van der Waals surface area contributed by atoms with Crippen molar-refractivity contribution in [3.63, 3.8) is 0 Å². The zero-order chi connectivity index (χ0) is 39.6. The van der Waals surface area contributed by atoms with Crippen molar-refractivity contribution in [3.05, 3.63) is 172 Å². The Labute approximate surface area is 319 Å². The van der Waals surface area contributed by atoms with Crippen LogP contribution in [0.1, 0.15) is 57.3 Å². The fourth-order valence-electron chi connectivity index (χ4n) is 5.49. The average molecular weight is 772 g/mol. The second-order valence-electron chi connectivity index (χ2n) is 12.4. The quantitative estimate of drug-likeness (QED) is 0.0928. The van der Waals surface area contributed by atoms with Gasteiger partial charge in [0.25, 0.3) is 0 Å². The maximum atomic E-state index is 14.2. The minimum Gasteiger partial charge on any atom is -0.488 e. The lowest BCUT2D eigenvalue weighted by atomic mass is 10.0. The standard InChI is InChI=1S/C25H18ClF2NO3.C18H16F2O3/c1-15-2-10-23(29(15)19-8-9-22(26)20(13-19)25(30)31)21-12-18(28)7-11-24(21)32-14-16-3-5-17(27)6-4-16;1-12(21)2-8-17(22)16-10-15(20)7-9-18(16)23-11-13-3-5-14(19)6-4-13/h2-13H,14H2,1H3,(H,30,31);3-7,9-10H,2,8,11H2,1H3. The Bertz CT molecular complexity index is 2320. The van der Waals surface area contributed by atoms with Crippen molar-refractivity contribution in [1.82, 2.24) is 4.57 Å². The van der Waals surface area contributed by atoms with Gasteiger partial charge in [-0.25, -0.2) is 22.4 Å². The highest BCUT2D eigenvalue weighted by Crippen LogP contribution is 2.35. The molecular formula is C43H34ClF4NO6. The molecule has 1 heterocycles. The molecule has 6 rings (SSSR count). The molecule has 55 heavy (non-hydrogen) atoms. The topological polar surface area (TPSA) is 94.8 Å². The summed E-state index contributed by atoms with van der Waals surface area (Å²) >= 11 is 6.02. The molecule has 1 aromatic heterocycles. The monoisotopic (exact) mass is 771 g/mol. The number of nitrogens with zero attached hydrogens (tertiary/aromatic N) is 1. The molecule has 0 radical (unpaired) electrons. The molecule has 0 spiro atoms. The molecule has 1 N–H and O–H groups in total. The molecule has 0 saturated carbocycles. The minimum absolute atomic E-state index is 0.00565. The lowest BCUT2D eigenvalue weighted by Gasteiger charge is -2.16. The molecule has 0 unspecified atom stereocenters. The van der Waals surface area contributed by atoms with Crippen LogP contribution in [0.4, 0.5) is 17.6 Å². The number of Topliss-reactive ketones (excluding diaryl/α,β-unsaturated/α-hetero) is 2. The van der Waals surface area contributed by atoms with Crippen molar-refractivity contribution in [2.75, 3.05) is 0 Å². The van der Waals surface area contributed by atoms with E-state index in [9.17, 15) is 37.1 Å². The fraction of sp³-hybridized carbons (Fsp3) is 0.140. The van der Waals surface area contributed by atoms with Crippen LogP contribution < -0.4 is 9.47 Å². The van der Waals surface area contributed by atoms with E-state index in [1.807, 2.05) is 23.6 Å². The van der Waals surface area contributed by atoms with Crippen molar-refractivity contribution in [2.24, 2.45) is 0 Å². The third kappa shape index (κ3) is 10.7. The smallest absolute Gasteiger partial charge is 0.337 e. The van der Waals surface area contributed by atoms with E-state index >= 15 is 0 Å². The van der Waals surface area contributed by atoms with Crippen LogP contribution in [0.5, 0.6) is 11.5 Å². The first kappa shape index (κ1) is 40.0. The van der Waals surface area contributed by atoms with E-state index in [0.29, 0.717) is 22.7 Å². The first-order valence-electron chi connectivity index (χ1n) is 16.9. The van der Waals surface area contributed by atoms with Gasteiger partial charge in [-0.15, -0.1) is 0 Å². The number of benzene rings is 5. The van der Waals surface area contributed by atoms with Crippen LogP contribution in [-0.2, 0) is 18.0 Å². The normalized spacial score (nSPS) is 10.7. The molecule has 0 aliphatic heterocycles. The molecule has 12 heteroatoms. The Balaban J connectivity index is 0.000000223. The number of halogens is 5. The van der Waals surface area contributed by atoms with Gasteiger partial charge in [0.15, 0.2) is 5.78 Å². The van der Waals surface area contributed by atoms with Gasteiger partial charge in [-0.1, -0.05) is 35.9 Å². The van der Waals surface area contributed by atoms with Gasteiger partial charge in [0.2, 0.25) is 0 Å². The summed E-state index contributed by atoms with van der Waals surface area (Å²) in [5.41, 5.74) is 4.05. The van der Waals surface area contributed by atoms with Crippen LogP contribution in [0.15, 0.2) is 115 Å². The van der Waals surface area contributed by atoms with Gasteiger partial charge in [-0.2, -0.15) is 0 Å².